The van der Waals surface area contributed by atoms with Gasteiger partial charge >= 0.3 is 77.6 Å². The van der Waals surface area contributed by atoms with E-state index in [4.69, 9.17) is 80.2 Å². The molecule has 0 atom stereocenters. The van der Waals surface area contributed by atoms with Gasteiger partial charge < -0.3 is 90.0 Å². The topological polar surface area (TPSA) is 410 Å². The smallest absolute Gasteiger partial charge is 0.310 e. The first-order chi connectivity index (χ1) is 49.5. The summed E-state index contributed by atoms with van der Waals surface area (Å²) in [7, 11) is 0. The van der Waals surface area contributed by atoms with Gasteiger partial charge in [-0.2, -0.15) is 0 Å². The van der Waals surface area contributed by atoms with Crippen molar-refractivity contribution in [2.75, 3.05) is 105 Å². The van der Waals surface area contributed by atoms with Crippen LogP contribution >= 0.6 is 0 Å². The number of carbonyl (C=O) groups is 13. The first kappa shape index (κ1) is 84.7. The largest absolute Gasteiger partial charge is 0.488 e. The molecule has 2 aromatic rings. The number of nitrogens with zero attached hydrogens (tertiary/aromatic N) is 3. The molecule has 1 heterocycles. The van der Waals surface area contributed by atoms with Gasteiger partial charge in [0.1, 0.15) is 36.1 Å². The van der Waals surface area contributed by atoms with Crippen molar-refractivity contribution in [2.45, 2.75) is 100 Å². The summed E-state index contributed by atoms with van der Waals surface area (Å²) in [5.74, 6) is -14.1. The maximum absolute atomic E-state index is 17.4. The van der Waals surface area contributed by atoms with Gasteiger partial charge in [0.05, 0.1) is 55.5 Å². The van der Waals surface area contributed by atoms with E-state index < -0.39 is 187 Å². The van der Waals surface area contributed by atoms with Crippen molar-refractivity contribution in [3.8, 4) is 33.9 Å². The molecule has 0 N–H and O–H groups in total. The number of hydrogen-bond donors (Lipinski definition) is 0. The summed E-state index contributed by atoms with van der Waals surface area (Å²) < 4.78 is 122. The summed E-state index contributed by atoms with van der Waals surface area (Å²) in [6.45, 7) is 4.70. The first-order valence-corrected chi connectivity index (χ1v) is 31.5. The summed E-state index contributed by atoms with van der Waals surface area (Å²) in [5.41, 5.74) is -1.61. The molecule has 0 fully saturated rings. The van der Waals surface area contributed by atoms with Crippen LogP contribution in [0.25, 0.3) is 33.4 Å². The van der Waals surface area contributed by atoms with Crippen molar-refractivity contribution in [3.05, 3.63) is 100 Å². The third-order valence-corrected chi connectivity index (χ3v) is 13.7. The van der Waals surface area contributed by atoms with Crippen LogP contribution in [0.1, 0.15) is 99.5 Å². The second-order valence-electron chi connectivity index (χ2n) is 21.4. The predicted molar refractivity (Wildman–Crippen MR) is 348 cm³/mol. The SMILES string of the molecule is C=C/C=C(\C(=C/C)OCCOc1cc(-c2c3cc(F)c(=O)cc-3oc3c(CN(CCC(=O)OCOC(C)=O)CCC(=O)OCOC(C)=O)c(OCOC(C)=O)c(F)cc23)ccc1N(CCC(=O)OCOC(C)=O)CCC(=O)OCOC(C)=O)N(CCC(=O)OCOC(C)=O)CCC(=O)OCOC(C)=O. The van der Waals surface area contributed by atoms with Crippen LogP contribution in [0.15, 0.2) is 81.9 Å². The van der Waals surface area contributed by atoms with Crippen LogP contribution in [0.5, 0.6) is 11.5 Å². The standard InChI is InChI=1S/C68H79F2N3O31/c1-10-12-54(72(23-17-62(84)99-36-92-43(5)76)24-18-63(85)100-37-93-44(6)77)57(11-2)88-27-28-89-59-29-48(13-14-55(59)73(25-19-64(86)101-38-94-45(7)78)26-20-65(87)102-39-95-46(8)79)66-49-30-52(69)56(81)32-58(49)104-67-50(66)31-53(70)68(103-40-96-47(9)80)51(67)33-71(21-15-60(82)97-34-90-41(3)74)22-16-61(83)98-35-91-42(4)75/h10-14,29-32H,1,15-28,33-40H2,2-9H3/b54-12+,57-11+. The highest BCUT2D eigenvalue weighted by molar-refractivity contribution is 6.04. The van der Waals surface area contributed by atoms with Gasteiger partial charge in [-0.15, -0.1) is 0 Å². The molecule has 4 rings (SSSR count). The zero-order valence-electron chi connectivity index (χ0n) is 58.2. The van der Waals surface area contributed by atoms with Gasteiger partial charge in [-0.05, 0) is 48.9 Å². The Morgan fingerprint density at radius 1 is 0.481 bits per heavy atom. The molecule has 1 aliphatic carbocycles. The molecule has 0 saturated heterocycles. The van der Waals surface area contributed by atoms with E-state index in [-0.39, 0.29) is 121 Å². The molecule has 0 radical (unpaired) electrons. The highest BCUT2D eigenvalue weighted by atomic mass is 19.1. The van der Waals surface area contributed by atoms with E-state index in [1.165, 1.54) is 51.1 Å². The molecule has 0 bridgehead atoms. The highest BCUT2D eigenvalue weighted by Gasteiger charge is 2.30. The lowest BCUT2D eigenvalue weighted by Crippen LogP contribution is -2.31. The molecule has 36 heteroatoms. The summed E-state index contributed by atoms with van der Waals surface area (Å²) in [5, 5.41) is -0.187. The number of halogens is 2. The molecule has 104 heavy (non-hydrogen) atoms. The van der Waals surface area contributed by atoms with Gasteiger partial charge in [-0.3, -0.25) is 72.0 Å². The Kier molecular flexibility index (Phi) is 36.3. The van der Waals surface area contributed by atoms with E-state index in [2.05, 4.69) is 6.58 Å². The number of ether oxygens (including phenoxy) is 16. The quantitative estimate of drug-likeness (QED) is 0.00967. The lowest BCUT2D eigenvalue weighted by Gasteiger charge is -2.29. The van der Waals surface area contributed by atoms with Crippen molar-refractivity contribution in [1.82, 2.24) is 9.80 Å². The van der Waals surface area contributed by atoms with Gasteiger partial charge in [-0.25, -0.2) is 8.78 Å². The Hall–Kier alpha value is -11.7. The number of esters is 13. The molecule has 0 amide bonds. The lowest BCUT2D eigenvalue weighted by molar-refractivity contribution is -0.168. The van der Waals surface area contributed by atoms with E-state index >= 15 is 8.78 Å². The molecule has 0 unspecified atom stereocenters. The highest BCUT2D eigenvalue weighted by Crippen LogP contribution is 2.46. The van der Waals surface area contributed by atoms with E-state index in [0.29, 0.717) is 0 Å². The van der Waals surface area contributed by atoms with Crippen LogP contribution in [0, 0.1) is 11.6 Å². The molecule has 1 aliphatic heterocycles. The fourth-order valence-corrected chi connectivity index (χ4v) is 9.04. The molecular formula is C68H79F2N3O31. The zero-order valence-corrected chi connectivity index (χ0v) is 58.2. The van der Waals surface area contributed by atoms with Crippen molar-refractivity contribution < 1.29 is 151 Å². The second-order valence-corrected chi connectivity index (χ2v) is 21.4. The molecule has 0 aromatic heterocycles. The number of fused-ring (bicyclic) bond motifs is 2. The Bertz CT molecular complexity index is 3720. The van der Waals surface area contributed by atoms with Crippen molar-refractivity contribution in [1.29, 1.82) is 0 Å². The Morgan fingerprint density at radius 2 is 0.904 bits per heavy atom. The number of rotatable bonds is 45. The number of hydrogen-bond acceptors (Lipinski definition) is 34. The van der Waals surface area contributed by atoms with Gasteiger partial charge in [0.25, 0.3) is 0 Å². The van der Waals surface area contributed by atoms with Crippen LogP contribution in [0.2, 0.25) is 0 Å². The molecule has 0 saturated carbocycles. The minimum atomic E-state index is -1.30. The van der Waals surface area contributed by atoms with Crippen LogP contribution in [-0.2, 0) is 135 Å². The van der Waals surface area contributed by atoms with Crippen LogP contribution in [-0.4, -0.2) is 187 Å². The molecule has 2 aromatic carbocycles. The maximum Gasteiger partial charge on any atom is 0.310 e. The minimum Gasteiger partial charge on any atom is -0.488 e. The molecule has 2 aliphatic rings. The van der Waals surface area contributed by atoms with Crippen molar-refractivity contribution >= 4 is 94.3 Å². The minimum absolute atomic E-state index is 0.0376. The molecule has 566 valence electrons. The molecule has 0 spiro atoms. The van der Waals surface area contributed by atoms with E-state index in [0.717, 1.165) is 66.7 Å². The molecular weight excluding hydrogens is 1390 g/mol. The third kappa shape index (κ3) is 30.6. The number of carbonyl (C=O) groups excluding carboxylic acids is 13. The van der Waals surface area contributed by atoms with Gasteiger partial charge in [0, 0.05) is 117 Å². The van der Waals surface area contributed by atoms with Crippen LogP contribution in [0.4, 0.5) is 14.5 Å². The number of benzene rings is 3. The third-order valence-electron chi connectivity index (χ3n) is 13.7. The van der Waals surface area contributed by atoms with Crippen molar-refractivity contribution in [3.63, 3.8) is 0 Å². The average molecular weight is 1470 g/mol. The summed E-state index contributed by atoms with van der Waals surface area (Å²) in [6, 6.07) is 6.75. The van der Waals surface area contributed by atoms with Gasteiger partial charge in [0.15, 0.2) is 17.4 Å². The first-order valence-electron chi connectivity index (χ1n) is 31.5. The fourth-order valence-electron chi connectivity index (χ4n) is 9.04. The normalized spacial score (nSPS) is 11.1. The Morgan fingerprint density at radius 3 is 1.33 bits per heavy atom. The zero-order chi connectivity index (χ0) is 76.8. The fraction of sp³-hybridized carbons (Fsp3) is 0.441. The van der Waals surface area contributed by atoms with Crippen LogP contribution < -0.4 is 19.8 Å². The van der Waals surface area contributed by atoms with Gasteiger partial charge in [-0.1, -0.05) is 18.7 Å². The van der Waals surface area contributed by atoms with Crippen LogP contribution in [0.3, 0.4) is 0 Å². The average Bonchev–Trinajstić information content (AvgIpc) is 0.733. The lowest BCUT2D eigenvalue weighted by atomic mass is 9.91. The Balaban J connectivity index is 2.03. The number of anilines is 1. The monoisotopic (exact) mass is 1470 g/mol. The van der Waals surface area contributed by atoms with E-state index in [9.17, 15) is 67.1 Å². The molecule has 34 nitrogen and oxygen atoms in total. The summed E-state index contributed by atoms with van der Waals surface area (Å²) >= 11 is 0. The second kappa shape index (κ2) is 44.5. The number of allylic oxidation sites excluding steroid dienone is 3. The van der Waals surface area contributed by atoms with E-state index in [1.54, 1.807) is 6.92 Å². The van der Waals surface area contributed by atoms with Gasteiger partial charge in [0.2, 0.25) is 53.0 Å². The Labute approximate surface area is 593 Å². The predicted octanol–water partition coefficient (Wildman–Crippen LogP) is 5.75. The summed E-state index contributed by atoms with van der Waals surface area (Å²) in [6.07, 6.45) is 1.80. The van der Waals surface area contributed by atoms with Crippen molar-refractivity contribution in [2.24, 2.45) is 0 Å². The van der Waals surface area contributed by atoms with E-state index in [1.807, 2.05) is 0 Å². The maximum atomic E-state index is 17.4. The summed E-state index contributed by atoms with van der Waals surface area (Å²) in [4.78, 5) is 177.